The van der Waals surface area contributed by atoms with Crippen molar-refractivity contribution in [2.24, 2.45) is 4.99 Å². The molecule has 24 heavy (non-hydrogen) atoms. The molecule has 5 nitrogen and oxygen atoms in total. The van der Waals surface area contributed by atoms with E-state index in [0.717, 1.165) is 43.2 Å². The number of nitrogens with one attached hydrogen (secondary N) is 2. The Balaban J connectivity index is 1.83. The quantitative estimate of drug-likeness (QED) is 0.621. The molecule has 5 heteroatoms. The Morgan fingerprint density at radius 3 is 2.62 bits per heavy atom. The van der Waals surface area contributed by atoms with Crippen molar-refractivity contribution < 1.29 is 4.74 Å². The summed E-state index contributed by atoms with van der Waals surface area (Å²) in [7, 11) is 1.83. The molecule has 2 rings (SSSR count). The maximum Gasteiger partial charge on any atom is 0.191 e. The number of rotatable bonds is 6. The van der Waals surface area contributed by atoms with Gasteiger partial charge in [-0.2, -0.15) is 0 Å². The molecule has 134 valence electrons. The lowest BCUT2D eigenvalue weighted by atomic mass is 10.0. The third kappa shape index (κ3) is 5.41. The number of benzene rings is 1. The lowest BCUT2D eigenvalue weighted by Gasteiger charge is -2.35. The van der Waals surface area contributed by atoms with Crippen LogP contribution in [0.5, 0.6) is 5.75 Å². The van der Waals surface area contributed by atoms with E-state index in [-0.39, 0.29) is 0 Å². The van der Waals surface area contributed by atoms with E-state index in [1.54, 1.807) is 0 Å². The van der Waals surface area contributed by atoms with Crippen molar-refractivity contribution >= 4 is 5.96 Å². The predicted octanol–water partition coefficient (Wildman–Crippen LogP) is 2.62. The van der Waals surface area contributed by atoms with E-state index in [2.05, 4.69) is 40.4 Å². The first-order valence-corrected chi connectivity index (χ1v) is 9.06. The van der Waals surface area contributed by atoms with Gasteiger partial charge in [-0.3, -0.25) is 4.99 Å². The average Bonchev–Trinajstić information content (AvgIpc) is 2.60. The summed E-state index contributed by atoms with van der Waals surface area (Å²) in [6.07, 6.45) is 2.32. The summed E-state index contributed by atoms with van der Waals surface area (Å²) >= 11 is 0. The standard InChI is InChI=1S/C19H32N4O/c1-5-24-18-9-7-6-8-16(18)14-21-19(20-4)22-17-10-12-23(13-11-17)15(2)3/h6-9,15,17H,5,10-14H2,1-4H3,(H2,20,21,22). The maximum atomic E-state index is 5.68. The topological polar surface area (TPSA) is 48.9 Å². The number of guanidine groups is 1. The first-order chi connectivity index (χ1) is 11.6. The van der Waals surface area contributed by atoms with E-state index in [9.17, 15) is 0 Å². The highest BCUT2D eigenvalue weighted by atomic mass is 16.5. The molecule has 1 aromatic rings. The van der Waals surface area contributed by atoms with Crippen LogP contribution in [0, 0.1) is 0 Å². The number of nitrogens with zero attached hydrogens (tertiary/aromatic N) is 2. The summed E-state index contributed by atoms with van der Waals surface area (Å²) in [6.45, 7) is 10.2. The van der Waals surface area contributed by atoms with Crippen LogP contribution in [0.25, 0.3) is 0 Å². The summed E-state index contributed by atoms with van der Waals surface area (Å²) in [4.78, 5) is 6.90. The largest absolute Gasteiger partial charge is 0.494 e. The minimum atomic E-state index is 0.494. The van der Waals surface area contributed by atoms with Gasteiger partial charge in [-0.1, -0.05) is 18.2 Å². The number of hydrogen-bond acceptors (Lipinski definition) is 3. The molecule has 0 aromatic heterocycles. The van der Waals surface area contributed by atoms with Crippen LogP contribution in [0.1, 0.15) is 39.2 Å². The van der Waals surface area contributed by atoms with Crippen LogP contribution in [0.15, 0.2) is 29.3 Å². The number of aliphatic imine (C=N–C) groups is 1. The molecule has 0 radical (unpaired) electrons. The van der Waals surface area contributed by atoms with Crippen molar-refractivity contribution in [3.8, 4) is 5.75 Å². The maximum absolute atomic E-state index is 5.68. The fourth-order valence-corrected chi connectivity index (χ4v) is 3.07. The van der Waals surface area contributed by atoms with Gasteiger partial charge in [0.25, 0.3) is 0 Å². The Morgan fingerprint density at radius 1 is 1.29 bits per heavy atom. The second-order valence-corrected chi connectivity index (χ2v) is 6.51. The van der Waals surface area contributed by atoms with Gasteiger partial charge < -0.3 is 20.3 Å². The Morgan fingerprint density at radius 2 is 2.00 bits per heavy atom. The van der Waals surface area contributed by atoms with Crippen molar-refractivity contribution in [2.75, 3.05) is 26.7 Å². The van der Waals surface area contributed by atoms with Gasteiger partial charge in [-0.25, -0.2) is 0 Å². The zero-order chi connectivity index (χ0) is 17.4. The molecule has 1 heterocycles. The highest BCUT2D eigenvalue weighted by Gasteiger charge is 2.21. The fraction of sp³-hybridized carbons (Fsp3) is 0.632. The number of piperidine rings is 1. The van der Waals surface area contributed by atoms with E-state index >= 15 is 0 Å². The molecule has 0 atom stereocenters. The normalized spacial score (nSPS) is 17.1. The van der Waals surface area contributed by atoms with Gasteiger partial charge in [0.05, 0.1) is 6.61 Å². The highest BCUT2D eigenvalue weighted by Crippen LogP contribution is 2.17. The molecule has 1 fully saturated rings. The van der Waals surface area contributed by atoms with E-state index in [1.165, 1.54) is 0 Å². The molecule has 1 aliphatic heterocycles. The first kappa shape index (κ1) is 18.6. The number of ether oxygens (including phenoxy) is 1. The molecule has 1 aromatic carbocycles. The molecule has 0 bridgehead atoms. The summed E-state index contributed by atoms with van der Waals surface area (Å²) in [6, 6.07) is 9.28. The van der Waals surface area contributed by atoms with E-state index in [1.807, 2.05) is 32.2 Å². The minimum Gasteiger partial charge on any atom is -0.494 e. The number of para-hydroxylation sites is 1. The molecular weight excluding hydrogens is 300 g/mol. The molecular formula is C19H32N4O. The van der Waals surface area contributed by atoms with Crippen LogP contribution in [0.4, 0.5) is 0 Å². The second kappa shape index (κ2) is 9.52. The fourth-order valence-electron chi connectivity index (χ4n) is 3.07. The molecule has 1 saturated heterocycles. The molecule has 0 unspecified atom stereocenters. The van der Waals surface area contributed by atoms with Crippen LogP contribution >= 0.6 is 0 Å². The molecule has 0 spiro atoms. The lowest BCUT2D eigenvalue weighted by molar-refractivity contribution is 0.167. The molecule has 0 saturated carbocycles. The molecule has 0 aliphatic carbocycles. The first-order valence-electron chi connectivity index (χ1n) is 9.06. The van der Waals surface area contributed by atoms with Crippen molar-refractivity contribution in [2.45, 2.75) is 52.2 Å². The Bertz CT molecular complexity index is 522. The van der Waals surface area contributed by atoms with Gasteiger partial charge in [-0.15, -0.1) is 0 Å². The van der Waals surface area contributed by atoms with Gasteiger partial charge in [0.1, 0.15) is 5.75 Å². The van der Waals surface area contributed by atoms with Crippen LogP contribution < -0.4 is 15.4 Å². The molecule has 0 amide bonds. The van der Waals surface area contributed by atoms with Crippen molar-refractivity contribution in [3.63, 3.8) is 0 Å². The molecule has 2 N–H and O–H groups in total. The number of likely N-dealkylation sites (tertiary alicyclic amines) is 1. The SMILES string of the molecule is CCOc1ccccc1CNC(=NC)NC1CCN(C(C)C)CC1. The van der Waals surface area contributed by atoms with Gasteiger partial charge in [0.15, 0.2) is 5.96 Å². The smallest absolute Gasteiger partial charge is 0.191 e. The Labute approximate surface area is 146 Å². The monoisotopic (exact) mass is 332 g/mol. The summed E-state index contributed by atoms with van der Waals surface area (Å²) in [5.74, 6) is 1.80. The zero-order valence-electron chi connectivity index (χ0n) is 15.5. The second-order valence-electron chi connectivity index (χ2n) is 6.51. The van der Waals surface area contributed by atoms with Gasteiger partial charge in [0, 0.05) is 44.3 Å². The van der Waals surface area contributed by atoms with Crippen molar-refractivity contribution in [3.05, 3.63) is 29.8 Å². The van der Waals surface area contributed by atoms with Gasteiger partial charge >= 0.3 is 0 Å². The van der Waals surface area contributed by atoms with Crippen LogP contribution in [-0.4, -0.2) is 49.7 Å². The van der Waals surface area contributed by atoms with Crippen LogP contribution in [0.3, 0.4) is 0 Å². The third-order valence-electron chi connectivity index (χ3n) is 4.54. The average molecular weight is 332 g/mol. The van der Waals surface area contributed by atoms with Crippen molar-refractivity contribution in [1.29, 1.82) is 0 Å². The Kier molecular flexibility index (Phi) is 7.37. The summed E-state index contributed by atoms with van der Waals surface area (Å²) in [5, 5.41) is 6.97. The van der Waals surface area contributed by atoms with E-state index < -0.39 is 0 Å². The third-order valence-corrected chi connectivity index (χ3v) is 4.54. The van der Waals surface area contributed by atoms with Crippen LogP contribution in [-0.2, 0) is 6.54 Å². The predicted molar refractivity (Wildman–Crippen MR) is 101 cm³/mol. The van der Waals surface area contributed by atoms with Gasteiger partial charge in [0.2, 0.25) is 0 Å². The lowest BCUT2D eigenvalue weighted by Crippen LogP contribution is -2.49. The van der Waals surface area contributed by atoms with Crippen molar-refractivity contribution in [1.82, 2.24) is 15.5 Å². The van der Waals surface area contributed by atoms with E-state index in [0.29, 0.717) is 25.2 Å². The van der Waals surface area contributed by atoms with E-state index in [4.69, 9.17) is 4.74 Å². The van der Waals surface area contributed by atoms with Gasteiger partial charge in [-0.05, 0) is 39.7 Å². The zero-order valence-corrected chi connectivity index (χ0v) is 15.5. The highest BCUT2D eigenvalue weighted by molar-refractivity contribution is 5.80. The summed E-state index contributed by atoms with van der Waals surface area (Å²) in [5.41, 5.74) is 1.15. The Hall–Kier alpha value is -1.75. The van der Waals surface area contributed by atoms with Crippen LogP contribution in [0.2, 0.25) is 0 Å². The number of hydrogen-bond donors (Lipinski definition) is 2. The minimum absolute atomic E-state index is 0.494. The summed E-state index contributed by atoms with van der Waals surface area (Å²) < 4.78 is 5.68. The molecule has 1 aliphatic rings.